The molecule has 0 unspecified atom stereocenters. The summed E-state index contributed by atoms with van der Waals surface area (Å²) < 4.78 is 32.9. The molecule has 1 saturated heterocycles. The van der Waals surface area contributed by atoms with Crippen molar-refractivity contribution in [2.45, 2.75) is 37.5 Å². The number of carbonyl (C=O) groups excluding carboxylic acids is 1. The highest BCUT2D eigenvalue weighted by molar-refractivity contribution is 7.89. The maximum Gasteiger partial charge on any atom is 0.246 e. The molecular formula is C18H28N2O5S. The number of methoxy groups -OCH3 is 1. The van der Waals surface area contributed by atoms with Crippen LogP contribution in [0.4, 0.5) is 0 Å². The van der Waals surface area contributed by atoms with Gasteiger partial charge in [0, 0.05) is 25.6 Å². The summed E-state index contributed by atoms with van der Waals surface area (Å²) in [7, 11) is -2.23. The Morgan fingerprint density at radius 3 is 2.54 bits per heavy atom. The molecule has 0 atom stereocenters. The number of ether oxygens (including phenoxy) is 1. The molecule has 0 spiro atoms. The predicted molar refractivity (Wildman–Crippen MR) is 98.7 cm³/mol. The average Bonchev–Trinajstić information content (AvgIpc) is 2.65. The van der Waals surface area contributed by atoms with Crippen LogP contribution in [-0.2, 0) is 14.8 Å². The van der Waals surface area contributed by atoms with Crippen LogP contribution < -0.4 is 10.1 Å². The molecule has 0 aromatic heterocycles. The second-order valence-electron chi connectivity index (χ2n) is 6.76. The topological polar surface area (TPSA) is 95.9 Å². The van der Waals surface area contributed by atoms with E-state index in [1.54, 1.807) is 12.1 Å². The van der Waals surface area contributed by atoms with Gasteiger partial charge in [-0.05, 0) is 36.5 Å². The summed E-state index contributed by atoms with van der Waals surface area (Å²) in [5.74, 6) is 0.181. The largest absolute Gasteiger partial charge is 0.495 e. The fourth-order valence-electron chi connectivity index (χ4n) is 3.07. The zero-order valence-corrected chi connectivity index (χ0v) is 16.4. The van der Waals surface area contributed by atoms with Crippen LogP contribution in [0.1, 0.15) is 38.2 Å². The second-order valence-corrected chi connectivity index (χ2v) is 8.66. The van der Waals surface area contributed by atoms with Gasteiger partial charge in [0.25, 0.3) is 0 Å². The van der Waals surface area contributed by atoms with E-state index in [1.165, 1.54) is 11.4 Å². The third-order valence-corrected chi connectivity index (χ3v) is 6.63. The monoisotopic (exact) mass is 384 g/mol. The van der Waals surface area contributed by atoms with Crippen molar-refractivity contribution in [1.29, 1.82) is 0 Å². The Labute approximate surface area is 155 Å². The fraction of sp³-hybridized carbons (Fsp3) is 0.611. The number of nitrogens with one attached hydrogen (secondary N) is 1. The minimum Gasteiger partial charge on any atom is -0.495 e. The highest BCUT2D eigenvalue weighted by Crippen LogP contribution is 2.32. The van der Waals surface area contributed by atoms with E-state index in [-0.39, 0.29) is 48.9 Å². The number of benzene rings is 1. The van der Waals surface area contributed by atoms with Crippen molar-refractivity contribution in [1.82, 2.24) is 9.62 Å². The molecule has 2 rings (SSSR count). The molecule has 1 amide bonds. The zero-order chi connectivity index (χ0) is 19.3. The number of hydrogen-bond donors (Lipinski definition) is 2. The summed E-state index contributed by atoms with van der Waals surface area (Å²) in [5.41, 5.74) is 0.933. The van der Waals surface area contributed by atoms with Crippen molar-refractivity contribution in [3.8, 4) is 5.75 Å². The van der Waals surface area contributed by atoms with Crippen molar-refractivity contribution in [2.24, 2.45) is 5.92 Å². The van der Waals surface area contributed by atoms with Gasteiger partial charge in [0.05, 0.1) is 13.7 Å². The molecule has 146 valence electrons. The summed E-state index contributed by atoms with van der Waals surface area (Å²) in [4.78, 5) is 12.2. The summed E-state index contributed by atoms with van der Waals surface area (Å²) in [6.07, 6.45) is 0.922. The normalized spacial score (nSPS) is 16.7. The Kier molecular flexibility index (Phi) is 7.02. The van der Waals surface area contributed by atoms with E-state index in [0.717, 1.165) is 5.56 Å². The number of rotatable bonds is 7. The van der Waals surface area contributed by atoms with E-state index in [2.05, 4.69) is 5.32 Å². The first-order chi connectivity index (χ1) is 12.3. The Hall–Kier alpha value is -1.64. The van der Waals surface area contributed by atoms with Gasteiger partial charge in [0.1, 0.15) is 10.6 Å². The van der Waals surface area contributed by atoms with Crippen molar-refractivity contribution in [3.05, 3.63) is 23.8 Å². The van der Waals surface area contributed by atoms with E-state index in [9.17, 15) is 13.2 Å². The summed E-state index contributed by atoms with van der Waals surface area (Å²) in [6, 6.07) is 5.25. The van der Waals surface area contributed by atoms with Crippen LogP contribution in [0, 0.1) is 5.92 Å². The lowest BCUT2D eigenvalue weighted by molar-refractivity contribution is -0.126. The molecular weight excluding hydrogens is 356 g/mol. The van der Waals surface area contributed by atoms with Gasteiger partial charge in [-0.25, -0.2) is 8.42 Å². The Bertz CT molecular complexity index is 725. The highest BCUT2D eigenvalue weighted by atomic mass is 32.2. The maximum atomic E-state index is 13.1. The third kappa shape index (κ3) is 4.55. The van der Waals surface area contributed by atoms with E-state index in [0.29, 0.717) is 18.6 Å². The zero-order valence-electron chi connectivity index (χ0n) is 15.6. The first-order valence-corrected chi connectivity index (χ1v) is 10.3. The van der Waals surface area contributed by atoms with Crippen molar-refractivity contribution < 1.29 is 23.1 Å². The molecule has 0 bridgehead atoms. The molecule has 1 aliphatic rings. The first-order valence-electron chi connectivity index (χ1n) is 8.88. The number of piperidine rings is 1. The van der Waals surface area contributed by atoms with Crippen molar-refractivity contribution in [2.75, 3.05) is 33.4 Å². The van der Waals surface area contributed by atoms with Gasteiger partial charge in [0.2, 0.25) is 15.9 Å². The smallest absolute Gasteiger partial charge is 0.246 e. The van der Waals surface area contributed by atoms with Crippen LogP contribution in [0.3, 0.4) is 0 Å². The van der Waals surface area contributed by atoms with Gasteiger partial charge < -0.3 is 15.2 Å². The SMILES string of the molecule is COc1ccc(C(C)C)cc1S(=O)(=O)N1CCC(C(=O)NCCO)CC1. The maximum absolute atomic E-state index is 13.1. The number of aliphatic hydroxyl groups is 1. The minimum atomic E-state index is -3.69. The molecule has 26 heavy (non-hydrogen) atoms. The van der Waals surface area contributed by atoms with Crippen molar-refractivity contribution >= 4 is 15.9 Å². The van der Waals surface area contributed by atoms with Gasteiger partial charge in [-0.3, -0.25) is 4.79 Å². The quantitative estimate of drug-likeness (QED) is 0.739. The van der Waals surface area contributed by atoms with E-state index >= 15 is 0 Å². The average molecular weight is 384 g/mol. The third-order valence-electron chi connectivity index (χ3n) is 4.71. The number of aliphatic hydroxyl groups excluding tert-OH is 1. The Morgan fingerprint density at radius 2 is 2.00 bits per heavy atom. The van der Waals surface area contributed by atoms with Crippen LogP contribution in [0.15, 0.2) is 23.1 Å². The van der Waals surface area contributed by atoms with Gasteiger partial charge in [-0.15, -0.1) is 0 Å². The summed E-state index contributed by atoms with van der Waals surface area (Å²) in [5, 5.41) is 11.4. The number of carbonyl (C=O) groups is 1. The molecule has 1 aliphatic heterocycles. The molecule has 1 aromatic rings. The van der Waals surface area contributed by atoms with Crippen LogP contribution in [-0.4, -0.2) is 57.1 Å². The van der Waals surface area contributed by atoms with Crippen LogP contribution in [0.25, 0.3) is 0 Å². The first kappa shape index (κ1) is 20.7. The summed E-state index contributed by atoms with van der Waals surface area (Å²) >= 11 is 0. The van der Waals surface area contributed by atoms with Crippen LogP contribution in [0.5, 0.6) is 5.75 Å². The molecule has 1 aromatic carbocycles. The molecule has 7 nitrogen and oxygen atoms in total. The van der Waals surface area contributed by atoms with Gasteiger partial charge in [-0.1, -0.05) is 19.9 Å². The highest BCUT2D eigenvalue weighted by Gasteiger charge is 2.33. The van der Waals surface area contributed by atoms with Crippen LogP contribution in [0.2, 0.25) is 0 Å². The molecule has 0 saturated carbocycles. The van der Waals surface area contributed by atoms with Gasteiger partial charge >= 0.3 is 0 Å². The predicted octanol–water partition coefficient (Wildman–Crippen LogP) is 1.33. The minimum absolute atomic E-state index is 0.106. The molecule has 1 fully saturated rings. The van der Waals surface area contributed by atoms with Gasteiger partial charge in [0.15, 0.2) is 0 Å². The van der Waals surface area contributed by atoms with Crippen LogP contribution >= 0.6 is 0 Å². The van der Waals surface area contributed by atoms with E-state index in [4.69, 9.17) is 9.84 Å². The van der Waals surface area contributed by atoms with Gasteiger partial charge in [-0.2, -0.15) is 4.31 Å². The fourth-order valence-corrected chi connectivity index (χ4v) is 4.74. The van der Waals surface area contributed by atoms with E-state index < -0.39 is 10.0 Å². The van der Waals surface area contributed by atoms with E-state index in [1.807, 2.05) is 19.9 Å². The molecule has 0 aliphatic carbocycles. The lowest BCUT2D eigenvalue weighted by Crippen LogP contribution is -2.43. The number of hydrogen-bond acceptors (Lipinski definition) is 5. The van der Waals surface area contributed by atoms with Crippen molar-refractivity contribution in [3.63, 3.8) is 0 Å². The lowest BCUT2D eigenvalue weighted by atomic mass is 9.97. The molecule has 1 heterocycles. The second kappa shape index (κ2) is 8.83. The molecule has 8 heteroatoms. The molecule has 0 radical (unpaired) electrons. The summed E-state index contributed by atoms with van der Waals surface area (Å²) in [6.45, 7) is 4.70. The standard InChI is InChI=1S/C18H28N2O5S/c1-13(2)15-4-5-16(25-3)17(12-15)26(23,24)20-9-6-14(7-10-20)18(22)19-8-11-21/h4-5,12-14,21H,6-11H2,1-3H3,(H,19,22). The Balaban J connectivity index is 2.17. The number of amides is 1. The number of sulfonamides is 1. The lowest BCUT2D eigenvalue weighted by Gasteiger charge is -2.31. The Morgan fingerprint density at radius 1 is 1.35 bits per heavy atom. The molecule has 2 N–H and O–H groups in total. The number of nitrogens with zero attached hydrogens (tertiary/aromatic N) is 1.